The van der Waals surface area contributed by atoms with E-state index < -0.39 is 0 Å². The summed E-state index contributed by atoms with van der Waals surface area (Å²) in [6, 6.07) is 18.9. The molecule has 2 aromatic carbocycles. The van der Waals surface area contributed by atoms with Crippen LogP contribution in [0.5, 0.6) is 5.75 Å². The Balaban J connectivity index is 1.45. The van der Waals surface area contributed by atoms with Gasteiger partial charge in [0.05, 0.1) is 12.0 Å². The predicted molar refractivity (Wildman–Crippen MR) is 118 cm³/mol. The van der Waals surface area contributed by atoms with E-state index in [2.05, 4.69) is 72.1 Å². The van der Waals surface area contributed by atoms with Gasteiger partial charge in [-0.3, -0.25) is 0 Å². The third-order valence-corrected chi connectivity index (χ3v) is 5.38. The van der Waals surface area contributed by atoms with Crippen LogP contribution < -0.4 is 4.74 Å². The van der Waals surface area contributed by atoms with E-state index in [9.17, 15) is 0 Å². The molecule has 0 spiro atoms. The highest BCUT2D eigenvalue weighted by Crippen LogP contribution is 2.32. The van der Waals surface area contributed by atoms with Crippen molar-refractivity contribution in [2.24, 2.45) is 7.05 Å². The van der Waals surface area contributed by atoms with Crippen LogP contribution in [0.25, 0.3) is 11.5 Å². The van der Waals surface area contributed by atoms with Crippen LogP contribution in [0.3, 0.4) is 0 Å². The Morgan fingerprint density at radius 2 is 1.57 bits per heavy atom. The highest BCUT2D eigenvalue weighted by Gasteiger charge is 2.22. The van der Waals surface area contributed by atoms with Crippen molar-refractivity contribution in [3.8, 4) is 17.3 Å². The van der Waals surface area contributed by atoms with Gasteiger partial charge in [0.15, 0.2) is 5.82 Å². The van der Waals surface area contributed by atoms with E-state index in [1.807, 2.05) is 36.0 Å². The fourth-order valence-corrected chi connectivity index (χ4v) is 3.39. The molecule has 5 heteroatoms. The Labute approximate surface area is 177 Å². The molecule has 0 atom stereocenters. The minimum atomic E-state index is -0.0729. The molecule has 30 heavy (non-hydrogen) atoms. The van der Waals surface area contributed by atoms with Gasteiger partial charge in [0, 0.05) is 24.9 Å². The topological polar surface area (TPSA) is 52.8 Å². The second-order valence-corrected chi connectivity index (χ2v) is 8.10. The predicted octanol–water partition coefficient (Wildman–Crippen LogP) is 5.09. The minimum Gasteiger partial charge on any atom is -0.487 e. The number of imidazole rings is 1. The average Bonchev–Trinajstić information content (AvgIpc) is 3.19. The molecule has 2 aromatic heterocycles. The van der Waals surface area contributed by atoms with Gasteiger partial charge in [-0.05, 0) is 36.2 Å². The third kappa shape index (κ3) is 4.25. The quantitative estimate of drug-likeness (QED) is 0.454. The van der Waals surface area contributed by atoms with E-state index in [1.165, 1.54) is 16.7 Å². The summed E-state index contributed by atoms with van der Waals surface area (Å²) < 4.78 is 7.84. The largest absolute Gasteiger partial charge is 0.487 e. The number of benzene rings is 2. The molecule has 0 unspecified atom stereocenters. The second kappa shape index (κ2) is 8.11. The first-order chi connectivity index (χ1) is 14.4. The van der Waals surface area contributed by atoms with Crippen molar-refractivity contribution in [1.29, 1.82) is 0 Å². The second-order valence-electron chi connectivity index (χ2n) is 8.10. The van der Waals surface area contributed by atoms with Gasteiger partial charge in [-0.2, -0.15) is 0 Å². The number of aryl methyl sites for hydroxylation is 2. The van der Waals surface area contributed by atoms with Crippen molar-refractivity contribution in [3.05, 3.63) is 95.7 Å². The molecule has 0 saturated heterocycles. The van der Waals surface area contributed by atoms with E-state index in [0.717, 1.165) is 17.1 Å². The Morgan fingerprint density at radius 3 is 2.20 bits per heavy atom. The monoisotopic (exact) mass is 398 g/mol. The van der Waals surface area contributed by atoms with Gasteiger partial charge in [-0.1, -0.05) is 55.8 Å². The minimum absolute atomic E-state index is 0.0729. The van der Waals surface area contributed by atoms with Crippen LogP contribution in [0.1, 0.15) is 36.2 Å². The molecule has 152 valence electrons. The molecular formula is C25H26N4O. The average molecular weight is 399 g/mol. The van der Waals surface area contributed by atoms with Crippen LogP contribution in [0, 0.1) is 6.92 Å². The van der Waals surface area contributed by atoms with Crippen LogP contribution in [0.15, 0.2) is 73.3 Å². The van der Waals surface area contributed by atoms with E-state index in [4.69, 9.17) is 4.74 Å². The molecule has 0 N–H and O–H groups in total. The van der Waals surface area contributed by atoms with E-state index in [-0.39, 0.29) is 5.41 Å². The van der Waals surface area contributed by atoms with Gasteiger partial charge in [0.2, 0.25) is 0 Å². The molecule has 0 bridgehead atoms. The molecular weight excluding hydrogens is 372 g/mol. The lowest BCUT2D eigenvalue weighted by Gasteiger charge is -2.26. The number of hydrogen-bond acceptors (Lipinski definition) is 4. The van der Waals surface area contributed by atoms with Crippen LogP contribution in [0.4, 0.5) is 0 Å². The first-order valence-electron chi connectivity index (χ1n) is 10.0. The third-order valence-electron chi connectivity index (χ3n) is 5.38. The highest BCUT2D eigenvalue weighted by atomic mass is 16.5. The zero-order valence-electron chi connectivity index (χ0n) is 17.8. The summed E-state index contributed by atoms with van der Waals surface area (Å²) >= 11 is 0. The molecule has 2 heterocycles. The van der Waals surface area contributed by atoms with Crippen molar-refractivity contribution >= 4 is 0 Å². The molecule has 5 nitrogen and oxygen atoms in total. The summed E-state index contributed by atoms with van der Waals surface area (Å²) in [6.07, 6.45) is 5.37. The number of aromatic nitrogens is 4. The van der Waals surface area contributed by atoms with Gasteiger partial charge in [0.25, 0.3) is 0 Å². The lowest BCUT2D eigenvalue weighted by molar-refractivity contribution is 0.301. The number of ether oxygens (including phenoxy) is 1. The van der Waals surface area contributed by atoms with Crippen LogP contribution in [-0.2, 0) is 19.1 Å². The lowest BCUT2D eigenvalue weighted by atomic mass is 9.78. The van der Waals surface area contributed by atoms with Gasteiger partial charge < -0.3 is 9.30 Å². The summed E-state index contributed by atoms with van der Waals surface area (Å²) in [6.45, 7) is 6.98. The highest BCUT2D eigenvalue weighted by molar-refractivity contribution is 5.47. The molecule has 4 aromatic rings. The van der Waals surface area contributed by atoms with Gasteiger partial charge in [-0.25, -0.2) is 15.0 Å². The van der Waals surface area contributed by atoms with Gasteiger partial charge in [-0.15, -0.1) is 0 Å². The smallest absolute Gasteiger partial charge is 0.180 e. The number of nitrogens with zero attached hydrogens (tertiary/aromatic N) is 4. The van der Waals surface area contributed by atoms with E-state index in [1.54, 1.807) is 12.5 Å². The first-order valence-corrected chi connectivity index (χ1v) is 10.0. The fourth-order valence-electron chi connectivity index (χ4n) is 3.39. The Bertz CT molecular complexity index is 1130. The molecule has 0 aliphatic carbocycles. The van der Waals surface area contributed by atoms with Crippen molar-refractivity contribution in [1.82, 2.24) is 19.5 Å². The lowest BCUT2D eigenvalue weighted by Crippen LogP contribution is -2.18. The fraction of sp³-hybridized carbons (Fsp3) is 0.240. The number of hydrogen-bond donors (Lipinski definition) is 0. The summed E-state index contributed by atoms with van der Waals surface area (Å²) in [4.78, 5) is 13.2. The zero-order chi connectivity index (χ0) is 21.1. The SMILES string of the molecule is Cc1ccc(C(C)(C)c2ccc(OCc3ccnc(-c4cn(C)cn4)n3)cc2)cc1. The Morgan fingerprint density at radius 1 is 0.900 bits per heavy atom. The van der Waals surface area contributed by atoms with Gasteiger partial charge in [0.1, 0.15) is 18.1 Å². The Hall–Kier alpha value is -3.47. The van der Waals surface area contributed by atoms with Crippen molar-refractivity contribution in [2.75, 3.05) is 0 Å². The zero-order valence-corrected chi connectivity index (χ0v) is 17.8. The molecule has 0 radical (unpaired) electrons. The molecule has 0 saturated carbocycles. The maximum Gasteiger partial charge on any atom is 0.180 e. The summed E-state index contributed by atoms with van der Waals surface area (Å²) in [5, 5.41) is 0. The molecule has 0 fully saturated rings. The maximum absolute atomic E-state index is 5.96. The van der Waals surface area contributed by atoms with Crippen molar-refractivity contribution < 1.29 is 4.74 Å². The molecule has 0 aliphatic rings. The molecule has 0 aliphatic heterocycles. The molecule has 4 rings (SSSR count). The van der Waals surface area contributed by atoms with Crippen LogP contribution in [-0.4, -0.2) is 19.5 Å². The number of rotatable bonds is 6. The standard InChI is InChI=1S/C25H26N4O/c1-18-5-7-19(8-6-18)25(2,3)20-9-11-22(12-10-20)30-16-21-13-14-26-24(28-21)23-15-29(4)17-27-23/h5-15,17H,16H2,1-4H3. The van der Waals surface area contributed by atoms with Gasteiger partial charge >= 0.3 is 0 Å². The normalized spacial score (nSPS) is 11.5. The summed E-state index contributed by atoms with van der Waals surface area (Å²) in [7, 11) is 1.92. The molecule has 0 amide bonds. The first kappa shape index (κ1) is 19.8. The van der Waals surface area contributed by atoms with Crippen molar-refractivity contribution in [3.63, 3.8) is 0 Å². The van der Waals surface area contributed by atoms with Crippen LogP contribution >= 0.6 is 0 Å². The van der Waals surface area contributed by atoms with Crippen molar-refractivity contribution in [2.45, 2.75) is 32.8 Å². The summed E-state index contributed by atoms with van der Waals surface area (Å²) in [5.41, 5.74) is 5.31. The summed E-state index contributed by atoms with van der Waals surface area (Å²) in [5.74, 6) is 1.42. The Kier molecular flexibility index (Phi) is 5.36. The van der Waals surface area contributed by atoms with E-state index >= 15 is 0 Å². The van der Waals surface area contributed by atoms with E-state index in [0.29, 0.717) is 12.4 Å². The van der Waals surface area contributed by atoms with Crippen LogP contribution in [0.2, 0.25) is 0 Å². The maximum atomic E-state index is 5.96.